The molecule has 5 heteroatoms. The number of Topliss-reactive ketones (excluding diaryl/α,β-unsaturated/α-hetero) is 1. The van der Waals surface area contributed by atoms with Gasteiger partial charge in [-0.1, -0.05) is 43.4 Å². The number of carbonyl (C=O) groups excluding carboxylic acids is 2. The average Bonchev–Trinajstić information content (AvgIpc) is 2.89. The molecular weight excluding hydrogens is 452 g/mol. The van der Waals surface area contributed by atoms with Crippen LogP contribution < -0.4 is 0 Å². The number of ketones is 2. The van der Waals surface area contributed by atoms with E-state index in [0.717, 1.165) is 49.9 Å². The molecule has 36 heavy (non-hydrogen) atoms. The third kappa shape index (κ3) is 6.39. The maximum Gasteiger partial charge on any atom is 0.168 e. The molecular formula is C31H46O5. The van der Waals surface area contributed by atoms with Crippen molar-refractivity contribution in [1.29, 1.82) is 0 Å². The van der Waals surface area contributed by atoms with Gasteiger partial charge in [-0.15, -0.1) is 0 Å². The van der Waals surface area contributed by atoms with E-state index in [1.54, 1.807) is 13.2 Å². The Morgan fingerprint density at radius 1 is 1.03 bits per heavy atom. The van der Waals surface area contributed by atoms with Gasteiger partial charge in [0.2, 0.25) is 0 Å². The molecule has 4 aliphatic rings. The largest absolute Gasteiger partial charge is 0.492 e. The fraction of sp³-hybridized carbons (Fsp3) is 0.742. The fourth-order valence-corrected chi connectivity index (χ4v) is 6.77. The van der Waals surface area contributed by atoms with Crippen molar-refractivity contribution in [2.24, 2.45) is 23.7 Å². The van der Waals surface area contributed by atoms with Gasteiger partial charge in [0.15, 0.2) is 11.6 Å². The minimum absolute atomic E-state index is 0.0433. The topological polar surface area (TPSA) is 61.8 Å². The van der Waals surface area contributed by atoms with Gasteiger partial charge in [0, 0.05) is 18.6 Å². The molecule has 0 amide bonds. The third-order valence-electron chi connectivity index (χ3n) is 8.89. The van der Waals surface area contributed by atoms with E-state index < -0.39 is 12.0 Å². The molecule has 0 aromatic carbocycles. The van der Waals surface area contributed by atoms with E-state index in [-0.39, 0.29) is 29.7 Å². The van der Waals surface area contributed by atoms with Crippen molar-refractivity contribution in [3.05, 3.63) is 35.1 Å². The lowest BCUT2D eigenvalue weighted by molar-refractivity contribution is -0.151. The van der Waals surface area contributed by atoms with E-state index in [0.29, 0.717) is 31.3 Å². The summed E-state index contributed by atoms with van der Waals surface area (Å²) in [7, 11) is 1.77. The average molecular weight is 499 g/mol. The number of ether oxygens (including phenoxy) is 3. The van der Waals surface area contributed by atoms with E-state index >= 15 is 0 Å². The van der Waals surface area contributed by atoms with Crippen LogP contribution in [-0.2, 0) is 23.8 Å². The molecule has 3 aliphatic carbocycles. The van der Waals surface area contributed by atoms with E-state index in [9.17, 15) is 9.59 Å². The Kier molecular flexibility index (Phi) is 9.63. The predicted molar refractivity (Wildman–Crippen MR) is 141 cm³/mol. The van der Waals surface area contributed by atoms with Crippen LogP contribution in [0.1, 0.15) is 91.4 Å². The molecule has 0 aromatic rings. The normalized spacial score (nSPS) is 33.8. The zero-order chi connectivity index (χ0) is 25.7. The maximum absolute atomic E-state index is 13.8. The van der Waals surface area contributed by atoms with Crippen LogP contribution in [0.4, 0.5) is 0 Å². The van der Waals surface area contributed by atoms with Crippen LogP contribution in [0.3, 0.4) is 0 Å². The summed E-state index contributed by atoms with van der Waals surface area (Å²) < 4.78 is 18.6. The van der Waals surface area contributed by atoms with E-state index in [2.05, 4.69) is 26.0 Å². The first-order chi connectivity index (χ1) is 17.4. The first-order valence-corrected chi connectivity index (χ1v) is 14.3. The number of hydrogen-bond acceptors (Lipinski definition) is 5. The first kappa shape index (κ1) is 27.3. The number of fused-ring (bicyclic) bond motifs is 1. The Morgan fingerprint density at radius 2 is 1.81 bits per heavy atom. The number of rotatable bonds is 8. The summed E-state index contributed by atoms with van der Waals surface area (Å²) in [4.78, 5) is 27.3. The zero-order valence-corrected chi connectivity index (χ0v) is 22.8. The molecule has 0 aromatic heterocycles. The van der Waals surface area contributed by atoms with Gasteiger partial charge in [-0.3, -0.25) is 9.59 Å². The second-order valence-electron chi connectivity index (χ2n) is 11.7. The Hall–Kier alpha value is -1.72. The molecule has 0 N–H and O–H groups in total. The summed E-state index contributed by atoms with van der Waals surface area (Å²) in [6.07, 6.45) is 16.9. The number of allylic oxidation sites excluding steroid dienone is 5. The second kappa shape index (κ2) is 12.7. The summed E-state index contributed by atoms with van der Waals surface area (Å²) in [6, 6.07) is 0. The summed E-state index contributed by atoms with van der Waals surface area (Å²) in [5.74, 6) is 1.04. The molecule has 5 nitrogen and oxygen atoms in total. The number of methoxy groups -OCH3 is 1. The van der Waals surface area contributed by atoms with Gasteiger partial charge in [0.05, 0.1) is 30.7 Å². The van der Waals surface area contributed by atoms with Crippen LogP contribution in [0.25, 0.3) is 0 Å². The van der Waals surface area contributed by atoms with Crippen molar-refractivity contribution in [3.63, 3.8) is 0 Å². The molecule has 0 saturated heterocycles. The van der Waals surface area contributed by atoms with Gasteiger partial charge < -0.3 is 14.2 Å². The molecule has 3 saturated carbocycles. The van der Waals surface area contributed by atoms with Gasteiger partial charge in [-0.05, 0) is 77.7 Å². The molecule has 6 atom stereocenters. The van der Waals surface area contributed by atoms with Crippen LogP contribution >= 0.6 is 0 Å². The molecule has 0 bridgehead atoms. The molecule has 0 radical (unpaired) electrons. The highest BCUT2D eigenvalue weighted by Crippen LogP contribution is 2.44. The number of carbonyl (C=O) groups is 2. The second-order valence-corrected chi connectivity index (χ2v) is 11.7. The Balaban J connectivity index is 1.57. The highest BCUT2D eigenvalue weighted by atomic mass is 16.5. The molecule has 200 valence electrons. The Labute approximate surface area is 217 Å². The zero-order valence-electron chi connectivity index (χ0n) is 22.8. The molecule has 1 aliphatic heterocycles. The van der Waals surface area contributed by atoms with Gasteiger partial charge in [0.25, 0.3) is 0 Å². The Bertz CT molecular complexity index is 873. The number of hydrogen-bond donors (Lipinski definition) is 0. The SMILES string of the molecule is COC1CCCC(C=CC(=O)C2C(OCC=C(C)C)CCC3C(=O)C(C)=C(C4CCCCC4)OC32)C1. The third-order valence-corrected chi connectivity index (χ3v) is 8.89. The van der Waals surface area contributed by atoms with Crippen LogP contribution in [0.5, 0.6) is 0 Å². The van der Waals surface area contributed by atoms with Gasteiger partial charge in [0.1, 0.15) is 11.9 Å². The minimum Gasteiger partial charge on any atom is -0.492 e. The van der Waals surface area contributed by atoms with Crippen LogP contribution in [0.15, 0.2) is 35.1 Å². The van der Waals surface area contributed by atoms with Crippen molar-refractivity contribution in [2.45, 2.75) is 110 Å². The van der Waals surface area contributed by atoms with Crippen molar-refractivity contribution in [1.82, 2.24) is 0 Å². The van der Waals surface area contributed by atoms with Gasteiger partial charge >= 0.3 is 0 Å². The van der Waals surface area contributed by atoms with Crippen LogP contribution in [0.2, 0.25) is 0 Å². The van der Waals surface area contributed by atoms with Crippen molar-refractivity contribution in [2.75, 3.05) is 13.7 Å². The summed E-state index contributed by atoms with van der Waals surface area (Å²) in [6.45, 7) is 6.52. The highest BCUT2D eigenvalue weighted by Gasteiger charge is 2.51. The molecule has 6 unspecified atom stereocenters. The predicted octanol–water partition coefficient (Wildman–Crippen LogP) is 6.52. The molecule has 3 fully saturated rings. The molecule has 0 spiro atoms. The van der Waals surface area contributed by atoms with E-state index in [4.69, 9.17) is 14.2 Å². The minimum atomic E-state index is -0.456. The smallest absolute Gasteiger partial charge is 0.168 e. The monoisotopic (exact) mass is 498 g/mol. The highest BCUT2D eigenvalue weighted by molar-refractivity contribution is 6.00. The van der Waals surface area contributed by atoms with Crippen LogP contribution in [-0.4, -0.2) is 43.6 Å². The maximum atomic E-state index is 13.8. The van der Waals surface area contributed by atoms with Crippen molar-refractivity contribution in [3.8, 4) is 0 Å². The summed E-state index contributed by atoms with van der Waals surface area (Å²) in [5, 5.41) is 0. The lowest BCUT2D eigenvalue weighted by atomic mass is 9.69. The van der Waals surface area contributed by atoms with Gasteiger partial charge in [-0.25, -0.2) is 0 Å². The summed E-state index contributed by atoms with van der Waals surface area (Å²) in [5.41, 5.74) is 1.99. The summed E-state index contributed by atoms with van der Waals surface area (Å²) >= 11 is 0. The molecule has 4 rings (SSSR count). The van der Waals surface area contributed by atoms with E-state index in [1.165, 1.54) is 24.8 Å². The lowest BCUT2D eigenvalue weighted by Gasteiger charge is -2.45. The van der Waals surface area contributed by atoms with Gasteiger partial charge in [-0.2, -0.15) is 0 Å². The fourth-order valence-electron chi connectivity index (χ4n) is 6.77. The van der Waals surface area contributed by atoms with Crippen molar-refractivity contribution >= 4 is 11.6 Å². The Morgan fingerprint density at radius 3 is 2.53 bits per heavy atom. The lowest BCUT2D eigenvalue weighted by Crippen LogP contribution is -2.53. The van der Waals surface area contributed by atoms with E-state index in [1.807, 2.05) is 6.92 Å². The van der Waals surface area contributed by atoms with Crippen molar-refractivity contribution < 1.29 is 23.8 Å². The van der Waals surface area contributed by atoms with Crippen LogP contribution in [0, 0.1) is 23.7 Å². The standard InChI is InChI=1S/C31H46O5/c1-20(2)17-18-35-27-16-14-25-29(33)21(3)30(23-10-6-5-7-11-23)36-31(25)28(27)26(32)15-13-22-9-8-12-24(19-22)34-4/h13,15,17,22-25,27-28,31H,5-12,14,16,18-19H2,1-4H3. The quantitative estimate of drug-likeness (QED) is 0.282. The first-order valence-electron chi connectivity index (χ1n) is 14.3. The molecule has 1 heterocycles.